The standard InChI is InChI=1S/C14H21NO2S/c1-2-7-14(8-4-9-15-14)13(16)17-10-6-12-5-3-11-18-12/h3,5,11,15H,2,4,6-10H2,1H3. The molecule has 0 aliphatic carbocycles. The van der Waals surface area contributed by atoms with E-state index in [0.29, 0.717) is 6.61 Å². The van der Waals surface area contributed by atoms with Gasteiger partial charge in [0.15, 0.2) is 0 Å². The Bertz CT molecular complexity index is 369. The number of hydrogen-bond acceptors (Lipinski definition) is 4. The van der Waals surface area contributed by atoms with Crippen LogP contribution in [0.15, 0.2) is 17.5 Å². The normalized spacial score (nSPS) is 23.2. The second kappa shape index (κ2) is 6.34. The quantitative estimate of drug-likeness (QED) is 0.805. The van der Waals surface area contributed by atoms with Crippen molar-refractivity contribution in [2.45, 2.75) is 44.6 Å². The van der Waals surface area contributed by atoms with E-state index in [1.165, 1.54) is 4.88 Å². The van der Waals surface area contributed by atoms with Gasteiger partial charge in [-0.1, -0.05) is 19.4 Å². The van der Waals surface area contributed by atoms with Gasteiger partial charge in [0.05, 0.1) is 6.61 Å². The maximum atomic E-state index is 12.2. The van der Waals surface area contributed by atoms with Crippen LogP contribution in [0.25, 0.3) is 0 Å². The Morgan fingerprint density at radius 1 is 1.61 bits per heavy atom. The van der Waals surface area contributed by atoms with Crippen molar-refractivity contribution in [3.8, 4) is 0 Å². The highest BCUT2D eigenvalue weighted by molar-refractivity contribution is 7.09. The Balaban J connectivity index is 1.82. The van der Waals surface area contributed by atoms with Gasteiger partial charge in [0, 0.05) is 11.3 Å². The van der Waals surface area contributed by atoms with Crippen LogP contribution in [0.2, 0.25) is 0 Å². The molecule has 1 aromatic heterocycles. The molecule has 1 fully saturated rings. The van der Waals surface area contributed by atoms with Crippen molar-refractivity contribution in [2.75, 3.05) is 13.2 Å². The molecule has 1 aliphatic rings. The summed E-state index contributed by atoms with van der Waals surface area (Å²) in [6, 6.07) is 4.10. The van der Waals surface area contributed by atoms with Gasteiger partial charge in [-0.05, 0) is 37.3 Å². The molecule has 4 heteroatoms. The Kier molecular flexibility index (Phi) is 4.78. The van der Waals surface area contributed by atoms with Crippen LogP contribution in [0.5, 0.6) is 0 Å². The maximum absolute atomic E-state index is 12.2. The lowest BCUT2D eigenvalue weighted by molar-refractivity contribution is -0.151. The van der Waals surface area contributed by atoms with Crippen molar-refractivity contribution in [3.63, 3.8) is 0 Å². The largest absolute Gasteiger partial charge is 0.464 e. The number of thiophene rings is 1. The zero-order valence-electron chi connectivity index (χ0n) is 10.9. The van der Waals surface area contributed by atoms with E-state index in [4.69, 9.17) is 4.74 Å². The Hall–Kier alpha value is -0.870. The first-order valence-electron chi connectivity index (χ1n) is 6.71. The monoisotopic (exact) mass is 267 g/mol. The molecular formula is C14H21NO2S. The van der Waals surface area contributed by atoms with Crippen LogP contribution in [0, 0.1) is 0 Å². The molecule has 0 aromatic carbocycles. The van der Waals surface area contributed by atoms with E-state index < -0.39 is 5.54 Å². The van der Waals surface area contributed by atoms with Crippen LogP contribution < -0.4 is 5.32 Å². The van der Waals surface area contributed by atoms with E-state index in [-0.39, 0.29) is 5.97 Å². The minimum Gasteiger partial charge on any atom is -0.464 e. The highest BCUT2D eigenvalue weighted by atomic mass is 32.1. The molecule has 18 heavy (non-hydrogen) atoms. The number of carbonyl (C=O) groups excluding carboxylic acids is 1. The zero-order chi connectivity index (χ0) is 12.8. The van der Waals surface area contributed by atoms with Crippen LogP contribution in [-0.4, -0.2) is 24.7 Å². The zero-order valence-corrected chi connectivity index (χ0v) is 11.7. The molecule has 1 atom stereocenters. The lowest BCUT2D eigenvalue weighted by Crippen LogP contribution is -2.48. The number of carbonyl (C=O) groups is 1. The van der Waals surface area contributed by atoms with Crippen LogP contribution in [-0.2, 0) is 16.0 Å². The van der Waals surface area contributed by atoms with Gasteiger partial charge < -0.3 is 10.1 Å². The fourth-order valence-corrected chi connectivity index (χ4v) is 3.25. The summed E-state index contributed by atoms with van der Waals surface area (Å²) in [6.45, 7) is 3.53. The summed E-state index contributed by atoms with van der Waals surface area (Å²) in [5.41, 5.74) is -0.399. The van der Waals surface area contributed by atoms with Crippen molar-refractivity contribution < 1.29 is 9.53 Å². The molecule has 1 aromatic rings. The van der Waals surface area contributed by atoms with Gasteiger partial charge in [0.25, 0.3) is 0 Å². The van der Waals surface area contributed by atoms with E-state index in [2.05, 4.69) is 18.3 Å². The molecule has 2 rings (SSSR count). The predicted octanol–water partition coefficient (Wildman–Crippen LogP) is 2.76. The molecule has 1 unspecified atom stereocenters. The van der Waals surface area contributed by atoms with Gasteiger partial charge >= 0.3 is 5.97 Å². The number of esters is 1. The van der Waals surface area contributed by atoms with Crippen LogP contribution >= 0.6 is 11.3 Å². The summed E-state index contributed by atoms with van der Waals surface area (Å²) in [5, 5.41) is 5.39. The molecule has 1 saturated heterocycles. The van der Waals surface area contributed by atoms with Crippen LogP contribution in [0.4, 0.5) is 0 Å². The van der Waals surface area contributed by atoms with E-state index in [1.807, 2.05) is 11.4 Å². The number of nitrogens with one attached hydrogen (secondary N) is 1. The topological polar surface area (TPSA) is 38.3 Å². The fourth-order valence-electron chi connectivity index (χ4n) is 2.56. The number of rotatable bonds is 6. The van der Waals surface area contributed by atoms with Crippen molar-refractivity contribution in [1.82, 2.24) is 5.32 Å². The summed E-state index contributed by atoms with van der Waals surface area (Å²) in [5.74, 6) is -0.0570. The summed E-state index contributed by atoms with van der Waals surface area (Å²) in [4.78, 5) is 13.5. The average molecular weight is 267 g/mol. The van der Waals surface area contributed by atoms with Gasteiger partial charge in [-0.15, -0.1) is 11.3 Å². The molecular weight excluding hydrogens is 246 g/mol. The molecule has 0 amide bonds. The first-order valence-corrected chi connectivity index (χ1v) is 7.59. The molecule has 0 bridgehead atoms. The molecule has 0 saturated carbocycles. The average Bonchev–Trinajstić information content (AvgIpc) is 3.01. The number of hydrogen-bond donors (Lipinski definition) is 1. The van der Waals surface area contributed by atoms with Gasteiger partial charge in [-0.2, -0.15) is 0 Å². The number of ether oxygens (including phenoxy) is 1. The van der Waals surface area contributed by atoms with Gasteiger partial charge in [-0.25, -0.2) is 0 Å². The molecule has 2 heterocycles. The third-order valence-electron chi connectivity index (χ3n) is 3.47. The van der Waals surface area contributed by atoms with Gasteiger partial charge in [0.1, 0.15) is 5.54 Å². The summed E-state index contributed by atoms with van der Waals surface area (Å²) < 4.78 is 5.46. The predicted molar refractivity (Wildman–Crippen MR) is 73.9 cm³/mol. The van der Waals surface area contributed by atoms with E-state index in [0.717, 1.165) is 38.6 Å². The SMILES string of the molecule is CCCC1(C(=O)OCCc2cccs2)CCCN1. The van der Waals surface area contributed by atoms with Crippen molar-refractivity contribution in [1.29, 1.82) is 0 Å². The highest BCUT2D eigenvalue weighted by Gasteiger charge is 2.41. The molecule has 100 valence electrons. The molecule has 0 radical (unpaired) electrons. The second-order valence-corrected chi connectivity index (χ2v) is 5.86. The van der Waals surface area contributed by atoms with Gasteiger partial charge in [-0.3, -0.25) is 4.79 Å². The Labute approximate surface area is 113 Å². The summed E-state index contributed by atoms with van der Waals surface area (Å²) >= 11 is 1.71. The van der Waals surface area contributed by atoms with Gasteiger partial charge in [0.2, 0.25) is 0 Å². The minimum atomic E-state index is -0.399. The lowest BCUT2D eigenvalue weighted by Gasteiger charge is -2.26. The third kappa shape index (κ3) is 3.12. The van der Waals surface area contributed by atoms with E-state index >= 15 is 0 Å². The summed E-state index contributed by atoms with van der Waals surface area (Å²) in [7, 11) is 0. The highest BCUT2D eigenvalue weighted by Crippen LogP contribution is 2.26. The van der Waals surface area contributed by atoms with Crippen molar-refractivity contribution in [2.24, 2.45) is 0 Å². The molecule has 1 N–H and O–H groups in total. The fraction of sp³-hybridized carbons (Fsp3) is 0.643. The lowest BCUT2D eigenvalue weighted by atomic mass is 9.92. The molecule has 3 nitrogen and oxygen atoms in total. The first kappa shape index (κ1) is 13.6. The minimum absolute atomic E-state index is 0.0570. The van der Waals surface area contributed by atoms with Crippen LogP contribution in [0.3, 0.4) is 0 Å². The Morgan fingerprint density at radius 2 is 2.50 bits per heavy atom. The smallest absolute Gasteiger partial charge is 0.326 e. The second-order valence-electron chi connectivity index (χ2n) is 4.83. The molecule has 0 spiro atoms. The van der Waals surface area contributed by atoms with Crippen LogP contribution in [0.1, 0.15) is 37.5 Å². The van der Waals surface area contributed by atoms with E-state index in [9.17, 15) is 4.79 Å². The van der Waals surface area contributed by atoms with Crippen molar-refractivity contribution in [3.05, 3.63) is 22.4 Å². The van der Waals surface area contributed by atoms with Crippen molar-refractivity contribution >= 4 is 17.3 Å². The molecule has 1 aliphatic heterocycles. The third-order valence-corrected chi connectivity index (χ3v) is 4.41. The summed E-state index contributed by atoms with van der Waals surface area (Å²) in [6.07, 6.45) is 4.70. The maximum Gasteiger partial charge on any atom is 0.326 e. The Morgan fingerprint density at radius 3 is 3.11 bits per heavy atom. The van der Waals surface area contributed by atoms with E-state index in [1.54, 1.807) is 11.3 Å². The first-order chi connectivity index (χ1) is 8.77.